The van der Waals surface area contributed by atoms with Gasteiger partial charge in [0, 0.05) is 32.5 Å². The minimum absolute atomic E-state index is 0.0535. The van der Waals surface area contributed by atoms with Crippen LogP contribution >= 0.6 is 0 Å². The Hall–Kier alpha value is -2.96. The highest BCUT2D eigenvalue weighted by Gasteiger charge is 2.27. The number of aromatic nitrogens is 4. The number of carbonyl (C=O) groups is 1. The summed E-state index contributed by atoms with van der Waals surface area (Å²) in [6, 6.07) is 9.79. The molecule has 134 valence electrons. The van der Waals surface area contributed by atoms with Crippen molar-refractivity contribution < 1.29 is 4.79 Å². The Kier molecular flexibility index (Phi) is 4.51. The van der Waals surface area contributed by atoms with E-state index in [9.17, 15) is 4.79 Å². The van der Waals surface area contributed by atoms with Crippen molar-refractivity contribution in [3.05, 3.63) is 48.5 Å². The number of nitrogens with zero attached hydrogens (tertiary/aromatic N) is 5. The molecule has 1 unspecified atom stereocenters. The van der Waals surface area contributed by atoms with Crippen molar-refractivity contribution in [1.29, 1.82) is 0 Å². The zero-order valence-corrected chi connectivity index (χ0v) is 14.8. The molecule has 0 radical (unpaired) electrons. The Morgan fingerprint density at radius 2 is 2.04 bits per heavy atom. The number of hydrogen-bond acceptors (Lipinski definition) is 5. The summed E-state index contributed by atoms with van der Waals surface area (Å²) in [5.74, 6) is 1.57. The lowest BCUT2D eigenvalue weighted by Crippen LogP contribution is -2.43. The monoisotopic (exact) mass is 350 g/mol. The SMILES string of the molecule is Cn1c(CNC(=O)C2CCCN(c3ncccn3)C2)nc2ccccc21. The van der Waals surface area contributed by atoms with Crippen LogP contribution in [0.2, 0.25) is 0 Å². The van der Waals surface area contributed by atoms with Gasteiger partial charge in [-0.2, -0.15) is 0 Å². The average Bonchev–Trinajstić information content (AvgIpc) is 3.03. The highest BCUT2D eigenvalue weighted by Crippen LogP contribution is 2.20. The lowest BCUT2D eigenvalue weighted by atomic mass is 9.97. The van der Waals surface area contributed by atoms with Crippen molar-refractivity contribution in [2.75, 3.05) is 18.0 Å². The summed E-state index contributed by atoms with van der Waals surface area (Å²) in [7, 11) is 1.98. The number of benzene rings is 1. The van der Waals surface area contributed by atoms with Gasteiger partial charge in [-0.25, -0.2) is 15.0 Å². The third-order valence-electron chi connectivity index (χ3n) is 4.93. The van der Waals surface area contributed by atoms with Crippen LogP contribution < -0.4 is 10.2 Å². The number of carbonyl (C=O) groups excluding carboxylic acids is 1. The molecule has 2 aromatic heterocycles. The molecule has 1 aliphatic rings. The van der Waals surface area contributed by atoms with Gasteiger partial charge in [0.05, 0.1) is 23.5 Å². The van der Waals surface area contributed by atoms with Gasteiger partial charge >= 0.3 is 0 Å². The second-order valence-corrected chi connectivity index (χ2v) is 6.63. The third-order valence-corrected chi connectivity index (χ3v) is 4.93. The lowest BCUT2D eigenvalue weighted by Gasteiger charge is -2.31. The molecule has 0 spiro atoms. The van der Waals surface area contributed by atoms with Crippen molar-refractivity contribution in [3.63, 3.8) is 0 Å². The van der Waals surface area contributed by atoms with Gasteiger partial charge in [-0.1, -0.05) is 12.1 Å². The molecular weight excluding hydrogens is 328 g/mol. The van der Waals surface area contributed by atoms with Gasteiger partial charge in [-0.05, 0) is 31.0 Å². The standard InChI is InChI=1S/C19H22N6O/c1-24-16-8-3-2-7-15(16)23-17(24)12-22-18(26)14-6-4-11-25(13-14)19-20-9-5-10-21-19/h2-3,5,7-10,14H,4,6,11-13H2,1H3,(H,22,26). The molecule has 1 fully saturated rings. The van der Waals surface area contributed by atoms with E-state index in [2.05, 4.69) is 25.2 Å². The Labute approximate surface area is 152 Å². The first-order chi connectivity index (χ1) is 12.7. The molecule has 1 saturated heterocycles. The number of amides is 1. The predicted molar refractivity (Wildman–Crippen MR) is 99.5 cm³/mol. The maximum Gasteiger partial charge on any atom is 0.225 e. The molecule has 1 amide bonds. The zero-order valence-electron chi connectivity index (χ0n) is 14.8. The molecule has 7 heteroatoms. The van der Waals surface area contributed by atoms with E-state index < -0.39 is 0 Å². The van der Waals surface area contributed by atoms with Crippen LogP contribution in [0.5, 0.6) is 0 Å². The van der Waals surface area contributed by atoms with Gasteiger partial charge in [0.25, 0.3) is 0 Å². The number of para-hydroxylation sites is 2. The second-order valence-electron chi connectivity index (χ2n) is 6.63. The van der Waals surface area contributed by atoms with Gasteiger partial charge in [0.1, 0.15) is 5.82 Å². The Bertz CT molecular complexity index is 907. The number of hydrogen-bond donors (Lipinski definition) is 1. The first-order valence-electron chi connectivity index (χ1n) is 8.92. The van der Waals surface area contributed by atoms with E-state index in [1.807, 2.05) is 35.9 Å². The van der Waals surface area contributed by atoms with Crippen molar-refractivity contribution in [2.45, 2.75) is 19.4 Å². The lowest BCUT2D eigenvalue weighted by molar-refractivity contribution is -0.125. The fraction of sp³-hybridized carbons (Fsp3) is 0.368. The van der Waals surface area contributed by atoms with Crippen molar-refractivity contribution in [3.8, 4) is 0 Å². The Morgan fingerprint density at radius 3 is 2.85 bits per heavy atom. The van der Waals surface area contributed by atoms with Crippen molar-refractivity contribution in [1.82, 2.24) is 24.8 Å². The topological polar surface area (TPSA) is 75.9 Å². The molecule has 26 heavy (non-hydrogen) atoms. The largest absolute Gasteiger partial charge is 0.349 e. The summed E-state index contributed by atoms with van der Waals surface area (Å²) in [4.78, 5) is 27.9. The summed E-state index contributed by atoms with van der Waals surface area (Å²) in [6.45, 7) is 1.97. The maximum absolute atomic E-state index is 12.7. The maximum atomic E-state index is 12.7. The fourth-order valence-corrected chi connectivity index (χ4v) is 3.49. The number of fused-ring (bicyclic) bond motifs is 1. The first-order valence-corrected chi connectivity index (χ1v) is 8.92. The molecule has 1 aliphatic heterocycles. The third kappa shape index (κ3) is 3.24. The van der Waals surface area contributed by atoms with E-state index in [1.54, 1.807) is 18.5 Å². The van der Waals surface area contributed by atoms with E-state index in [4.69, 9.17) is 0 Å². The summed E-state index contributed by atoms with van der Waals surface area (Å²) < 4.78 is 2.03. The predicted octanol–water partition coefficient (Wildman–Crippen LogP) is 1.90. The molecule has 0 saturated carbocycles. The van der Waals surface area contributed by atoms with E-state index in [-0.39, 0.29) is 11.8 Å². The zero-order chi connectivity index (χ0) is 17.9. The summed E-state index contributed by atoms with van der Waals surface area (Å²) in [6.07, 6.45) is 5.32. The smallest absolute Gasteiger partial charge is 0.225 e. The van der Waals surface area contributed by atoms with Gasteiger partial charge in [0.15, 0.2) is 0 Å². The van der Waals surface area contributed by atoms with E-state index in [1.165, 1.54) is 0 Å². The van der Waals surface area contributed by atoms with Crippen LogP contribution in [0, 0.1) is 5.92 Å². The van der Waals surface area contributed by atoms with Crippen molar-refractivity contribution in [2.24, 2.45) is 13.0 Å². The van der Waals surface area contributed by atoms with Gasteiger partial charge < -0.3 is 14.8 Å². The molecule has 0 aliphatic carbocycles. The molecule has 7 nitrogen and oxygen atoms in total. The number of anilines is 1. The van der Waals surface area contributed by atoms with Gasteiger partial charge in [0.2, 0.25) is 11.9 Å². The summed E-state index contributed by atoms with van der Waals surface area (Å²) in [5, 5.41) is 3.05. The first kappa shape index (κ1) is 16.5. The molecule has 3 aromatic rings. The van der Waals surface area contributed by atoms with Gasteiger partial charge in [-0.3, -0.25) is 4.79 Å². The van der Waals surface area contributed by atoms with E-state index in [0.29, 0.717) is 19.0 Å². The minimum Gasteiger partial charge on any atom is -0.349 e. The summed E-state index contributed by atoms with van der Waals surface area (Å²) in [5.41, 5.74) is 2.02. The molecule has 0 bridgehead atoms. The highest BCUT2D eigenvalue weighted by molar-refractivity contribution is 5.80. The van der Waals surface area contributed by atoms with Gasteiger partial charge in [-0.15, -0.1) is 0 Å². The number of imidazole rings is 1. The molecule has 3 heterocycles. The minimum atomic E-state index is -0.0535. The van der Waals surface area contributed by atoms with E-state index in [0.717, 1.165) is 36.2 Å². The number of nitrogens with one attached hydrogen (secondary N) is 1. The van der Waals surface area contributed by atoms with E-state index >= 15 is 0 Å². The van der Waals surface area contributed by atoms with Crippen molar-refractivity contribution >= 4 is 22.9 Å². The second kappa shape index (κ2) is 7.11. The molecule has 4 rings (SSSR count). The van der Waals surface area contributed by atoms with Crippen LogP contribution in [0.25, 0.3) is 11.0 Å². The normalized spacial score (nSPS) is 17.4. The summed E-state index contributed by atoms with van der Waals surface area (Å²) >= 11 is 0. The highest BCUT2D eigenvalue weighted by atomic mass is 16.1. The van der Waals surface area contributed by atoms with Crippen LogP contribution in [0.3, 0.4) is 0 Å². The molecule has 1 atom stereocenters. The number of rotatable bonds is 4. The van der Waals surface area contributed by atoms with Crippen LogP contribution in [0.4, 0.5) is 5.95 Å². The number of piperidine rings is 1. The van der Waals surface area contributed by atoms with Crippen LogP contribution in [-0.4, -0.2) is 38.5 Å². The molecule has 1 aromatic carbocycles. The average molecular weight is 350 g/mol. The van der Waals surface area contributed by atoms with Crippen LogP contribution in [0.1, 0.15) is 18.7 Å². The molecular formula is C19H22N6O. The molecule has 1 N–H and O–H groups in total. The quantitative estimate of drug-likeness (QED) is 0.778. The van der Waals surface area contributed by atoms with Crippen LogP contribution in [0.15, 0.2) is 42.7 Å². The van der Waals surface area contributed by atoms with Crippen LogP contribution in [-0.2, 0) is 18.4 Å². The fourth-order valence-electron chi connectivity index (χ4n) is 3.49. The number of aryl methyl sites for hydroxylation is 1. The Morgan fingerprint density at radius 1 is 1.23 bits per heavy atom. The Balaban J connectivity index is 1.40.